The van der Waals surface area contributed by atoms with E-state index in [2.05, 4.69) is 55.6 Å². The first-order valence-corrected chi connectivity index (χ1v) is 20.8. The molecule has 0 aliphatic rings. The van der Waals surface area contributed by atoms with E-state index in [0.29, 0.717) is 23.9 Å². The van der Waals surface area contributed by atoms with E-state index in [1.165, 1.54) is 64.2 Å². The fourth-order valence-electron chi connectivity index (χ4n) is 5.29. The summed E-state index contributed by atoms with van der Waals surface area (Å²) in [5.41, 5.74) is 0. The van der Waals surface area contributed by atoms with Crippen molar-refractivity contribution in [3.05, 3.63) is 36.5 Å². The Bertz CT molecular complexity index is 886. The topological polar surface area (TPSA) is 108 Å². The van der Waals surface area contributed by atoms with Crippen molar-refractivity contribution < 1.29 is 32.9 Å². The second-order valence-corrected chi connectivity index (χ2v) is 15.7. The molecule has 0 bridgehead atoms. The van der Waals surface area contributed by atoms with Gasteiger partial charge in [0.05, 0.1) is 39.9 Å². The highest BCUT2D eigenvalue weighted by atomic mass is 31.2. The van der Waals surface area contributed by atoms with Gasteiger partial charge in [-0.1, -0.05) is 140 Å². The number of phosphoric acid groups is 1. The van der Waals surface area contributed by atoms with Gasteiger partial charge in [0.15, 0.2) is 0 Å². The van der Waals surface area contributed by atoms with Crippen LogP contribution < -0.4 is 10.2 Å². The van der Waals surface area contributed by atoms with Gasteiger partial charge in [-0.05, 0) is 44.9 Å². The zero-order valence-corrected chi connectivity index (χ0v) is 32.6. The van der Waals surface area contributed by atoms with E-state index in [1.807, 2.05) is 21.1 Å². The van der Waals surface area contributed by atoms with Crippen LogP contribution >= 0.6 is 7.82 Å². The van der Waals surface area contributed by atoms with Crippen LogP contribution in [0.5, 0.6) is 0 Å². The van der Waals surface area contributed by atoms with Crippen LogP contribution in [0.2, 0.25) is 0 Å². The van der Waals surface area contributed by atoms with Crippen LogP contribution in [0.25, 0.3) is 0 Å². The second kappa shape index (κ2) is 31.7. The zero-order valence-electron chi connectivity index (χ0n) is 31.7. The predicted molar refractivity (Wildman–Crippen MR) is 201 cm³/mol. The van der Waals surface area contributed by atoms with Gasteiger partial charge in [-0.15, -0.1) is 0 Å². The Morgan fingerprint density at radius 2 is 1.27 bits per heavy atom. The molecule has 282 valence electrons. The molecule has 0 saturated carbocycles. The number of phosphoric ester groups is 1. The number of unbranched alkanes of at least 4 members (excludes halogenated alkanes) is 15. The quantitative estimate of drug-likeness (QED) is 0.0300. The molecule has 0 aliphatic heterocycles. The molecule has 0 aliphatic carbocycles. The van der Waals surface area contributed by atoms with Crippen molar-refractivity contribution in [2.45, 2.75) is 167 Å². The number of nitrogens with zero attached hydrogens (tertiary/aromatic N) is 1. The van der Waals surface area contributed by atoms with E-state index >= 15 is 0 Å². The lowest BCUT2D eigenvalue weighted by Gasteiger charge is -2.30. The molecular weight excluding hydrogens is 623 g/mol. The molecule has 0 radical (unpaired) electrons. The Kier molecular flexibility index (Phi) is 30.8. The van der Waals surface area contributed by atoms with Crippen molar-refractivity contribution in [1.82, 2.24) is 5.32 Å². The number of allylic oxidation sites excluding steroid dienone is 6. The van der Waals surface area contributed by atoms with Crippen LogP contribution in [-0.2, 0) is 18.4 Å². The summed E-state index contributed by atoms with van der Waals surface area (Å²) in [7, 11) is 1.29. The number of aliphatic hydroxyl groups is 1. The Balaban J connectivity index is 4.40. The molecule has 0 spiro atoms. The molecule has 0 rings (SSSR count). The van der Waals surface area contributed by atoms with Gasteiger partial charge in [-0.25, -0.2) is 0 Å². The van der Waals surface area contributed by atoms with E-state index in [9.17, 15) is 19.4 Å². The molecular formula is C39H75N2O6P. The normalized spacial score (nSPS) is 15.1. The first-order chi connectivity index (χ1) is 23.0. The van der Waals surface area contributed by atoms with E-state index in [0.717, 1.165) is 64.2 Å². The SMILES string of the molecule is CC/C=C\C/C=C\C/C=C\CCCCCCCCCC(=O)NC(COP(=O)([O-])OCC[N+](C)(C)C)C(O)CCCCCCCCCCC. The number of carbonyl (C=O) groups excluding carboxylic acids is 1. The largest absolute Gasteiger partial charge is 0.756 e. The number of hydrogen-bond donors (Lipinski definition) is 2. The minimum Gasteiger partial charge on any atom is -0.756 e. The monoisotopic (exact) mass is 699 g/mol. The summed E-state index contributed by atoms with van der Waals surface area (Å²) in [5.74, 6) is -0.180. The Morgan fingerprint density at radius 3 is 1.85 bits per heavy atom. The Labute approximate surface area is 296 Å². The summed E-state index contributed by atoms with van der Waals surface area (Å²) >= 11 is 0. The Hall–Kier alpha value is -1.28. The van der Waals surface area contributed by atoms with Crippen LogP contribution in [0.1, 0.15) is 155 Å². The summed E-state index contributed by atoms with van der Waals surface area (Å²) in [4.78, 5) is 25.2. The molecule has 0 fully saturated rings. The minimum atomic E-state index is -4.55. The molecule has 48 heavy (non-hydrogen) atoms. The van der Waals surface area contributed by atoms with Gasteiger partial charge in [0, 0.05) is 6.42 Å². The van der Waals surface area contributed by atoms with Crippen LogP contribution in [0, 0.1) is 0 Å². The molecule has 0 aromatic rings. The van der Waals surface area contributed by atoms with Crippen LogP contribution in [0.4, 0.5) is 0 Å². The molecule has 0 aromatic heterocycles. The number of aliphatic hydroxyl groups excluding tert-OH is 1. The lowest BCUT2D eigenvalue weighted by molar-refractivity contribution is -0.870. The van der Waals surface area contributed by atoms with E-state index in [1.54, 1.807) is 0 Å². The number of carbonyl (C=O) groups is 1. The fraction of sp³-hybridized carbons (Fsp3) is 0.821. The molecule has 2 N–H and O–H groups in total. The molecule has 3 atom stereocenters. The van der Waals surface area contributed by atoms with Crippen LogP contribution in [-0.4, -0.2) is 68.5 Å². The van der Waals surface area contributed by atoms with Crippen molar-refractivity contribution in [1.29, 1.82) is 0 Å². The number of rotatable bonds is 34. The van der Waals surface area contributed by atoms with Crippen molar-refractivity contribution >= 4 is 13.7 Å². The van der Waals surface area contributed by atoms with Crippen molar-refractivity contribution in [3.8, 4) is 0 Å². The number of hydrogen-bond acceptors (Lipinski definition) is 6. The van der Waals surface area contributed by atoms with Crippen molar-refractivity contribution in [3.63, 3.8) is 0 Å². The number of nitrogens with one attached hydrogen (secondary N) is 1. The molecule has 8 nitrogen and oxygen atoms in total. The summed E-state index contributed by atoms with van der Waals surface area (Å²) in [6.45, 7) is 4.55. The number of likely N-dealkylation sites (N-methyl/N-ethyl adjacent to an activating group) is 1. The molecule has 0 saturated heterocycles. The third-order valence-corrected chi connectivity index (χ3v) is 9.36. The first-order valence-electron chi connectivity index (χ1n) is 19.3. The third-order valence-electron chi connectivity index (χ3n) is 8.39. The van der Waals surface area contributed by atoms with Gasteiger partial charge >= 0.3 is 0 Å². The summed E-state index contributed by atoms with van der Waals surface area (Å²) in [6, 6.07) is -0.802. The van der Waals surface area contributed by atoms with Crippen molar-refractivity contribution in [2.24, 2.45) is 0 Å². The minimum absolute atomic E-state index is 0.00872. The van der Waals surface area contributed by atoms with Gasteiger partial charge in [-0.2, -0.15) is 0 Å². The summed E-state index contributed by atoms with van der Waals surface area (Å²) < 4.78 is 23.1. The maximum Gasteiger partial charge on any atom is 0.268 e. The summed E-state index contributed by atoms with van der Waals surface area (Å²) in [5, 5.41) is 13.8. The molecule has 1 amide bonds. The average molecular weight is 699 g/mol. The standard InChI is InChI=1S/C39H75N2O6P/c1-6-8-10-12-14-16-17-18-19-20-21-22-23-25-27-29-31-33-39(43)40-37(36-47-48(44,45)46-35-34-41(3,4)5)38(42)32-30-28-26-24-15-13-11-9-7-2/h8,10,14,16,18-19,37-38,42H,6-7,9,11-13,15,17,20-36H2,1-5H3,(H-,40,43,44,45)/b10-8-,16-14-,19-18-. The summed E-state index contributed by atoms with van der Waals surface area (Å²) in [6.07, 6.45) is 35.7. The van der Waals surface area contributed by atoms with Gasteiger partial charge in [0.2, 0.25) is 5.91 Å². The third kappa shape index (κ3) is 33.2. The van der Waals surface area contributed by atoms with E-state index < -0.39 is 20.0 Å². The maximum atomic E-state index is 12.8. The highest BCUT2D eigenvalue weighted by Crippen LogP contribution is 2.38. The smallest absolute Gasteiger partial charge is 0.268 e. The second-order valence-electron chi connectivity index (χ2n) is 14.3. The number of amides is 1. The van der Waals surface area contributed by atoms with Crippen LogP contribution in [0.3, 0.4) is 0 Å². The lowest BCUT2D eigenvalue weighted by Crippen LogP contribution is -2.46. The van der Waals surface area contributed by atoms with Crippen molar-refractivity contribution in [2.75, 3.05) is 40.9 Å². The van der Waals surface area contributed by atoms with E-state index in [-0.39, 0.29) is 19.1 Å². The molecule has 0 heterocycles. The molecule has 3 unspecified atom stereocenters. The fourth-order valence-corrected chi connectivity index (χ4v) is 6.01. The van der Waals surface area contributed by atoms with Crippen LogP contribution in [0.15, 0.2) is 36.5 Å². The maximum absolute atomic E-state index is 12.8. The van der Waals surface area contributed by atoms with Gasteiger partial charge < -0.3 is 28.8 Å². The van der Waals surface area contributed by atoms with Gasteiger partial charge in [0.25, 0.3) is 7.82 Å². The zero-order chi connectivity index (χ0) is 35.8. The lowest BCUT2D eigenvalue weighted by atomic mass is 10.0. The van der Waals surface area contributed by atoms with Gasteiger partial charge in [0.1, 0.15) is 13.2 Å². The number of quaternary nitrogens is 1. The molecule has 0 aromatic carbocycles. The Morgan fingerprint density at radius 1 is 0.750 bits per heavy atom. The average Bonchev–Trinajstić information content (AvgIpc) is 3.02. The highest BCUT2D eigenvalue weighted by molar-refractivity contribution is 7.45. The molecule has 9 heteroatoms. The van der Waals surface area contributed by atoms with E-state index in [4.69, 9.17) is 9.05 Å². The van der Waals surface area contributed by atoms with Gasteiger partial charge in [-0.3, -0.25) is 9.36 Å². The first kappa shape index (κ1) is 46.7. The predicted octanol–water partition coefficient (Wildman–Crippen LogP) is 9.33. The highest BCUT2D eigenvalue weighted by Gasteiger charge is 2.24.